The van der Waals surface area contributed by atoms with E-state index in [1.165, 1.54) is 32.4 Å². The summed E-state index contributed by atoms with van der Waals surface area (Å²) < 4.78 is 9.82. The summed E-state index contributed by atoms with van der Waals surface area (Å²) in [6.45, 7) is 0. The third-order valence-electron chi connectivity index (χ3n) is 1.91. The van der Waals surface area contributed by atoms with Crippen molar-refractivity contribution in [1.82, 2.24) is 0 Å². The molecule has 0 radical (unpaired) electrons. The van der Waals surface area contributed by atoms with Gasteiger partial charge in [-0.1, -0.05) is 6.08 Å². The van der Waals surface area contributed by atoms with Crippen molar-refractivity contribution in [3.63, 3.8) is 0 Å². The molecule has 0 aliphatic carbocycles. The third-order valence-corrected chi connectivity index (χ3v) is 1.91. The topological polar surface area (TPSA) is 78.8 Å². The molecule has 6 heteroatoms. The van der Waals surface area contributed by atoms with Crippen LogP contribution in [0.3, 0.4) is 0 Å². The van der Waals surface area contributed by atoms with Crippen molar-refractivity contribution in [2.45, 2.75) is 0 Å². The molecule has 0 unspecified atom stereocenters. The Morgan fingerprint density at radius 3 is 2.12 bits per heavy atom. The summed E-state index contributed by atoms with van der Waals surface area (Å²) in [6, 6.07) is 2.97. The molecule has 1 rings (SSSR count). The summed E-state index contributed by atoms with van der Waals surface area (Å²) in [5.74, 6) is -1.02. The molecule has 1 N–H and O–H groups in total. The van der Waals surface area contributed by atoms with Gasteiger partial charge in [0.1, 0.15) is 0 Å². The number of phenols is 1. The van der Waals surface area contributed by atoms with Crippen molar-refractivity contribution in [2.24, 2.45) is 0 Å². The van der Waals surface area contributed by atoms with Crippen LogP contribution < -0.4 is 66.0 Å². The second-order valence-electron chi connectivity index (χ2n) is 2.93. The van der Waals surface area contributed by atoms with Gasteiger partial charge in [-0.3, -0.25) is 0 Å². The molecule has 5 nitrogen and oxygen atoms in total. The van der Waals surface area contributed by atoms with Gasteiger partial charge in [-0.2, -0.15) is 0 Å². The summed E-state index contributed by atoms with van der Waals surface area (Å²) >= 11 is 0. The van der Waals surface area contributed by atoms with Crippen LogP contribution in [0.25, 0.3) is 6.08 Å². The minimum absolute atomic E-state index is 0. The zero-order valence-electron chi connectivity index (χ0n) is 9.89. The molecule has 86 valence electrons. The Kier molecular flexibility index (Phi) is 7.48. The van der Waals surface area contributed by atoms with Gasteiger partial charge in [-0.05, 0) is 23.8 Å². The maximum absolute atomic E-state index is 10.2. The van der Waals surface area contributed by atoms with E-state index < -0.39 is 5.97 Å². The van der Waals surface area contributed by atoms with Crippen molar-refractivity contribution in [3.8, 4) is 17.2 Å². The van der Waals surface area contributed by atoms with Crippen molar-refractivity contribution in [1.29, 1.82) is 0 Å². The fourth-order valence-electron chi connectivity index (χ4n) is 1.17. The maximum Gasteiger partial charge on any atom is 1.00 e. The fraction of sp³-hybridized carbons (Fsp3) is 0.182. The van der Waals surface area contributed by atoms with E-state index in [4.69, 9.17) is 9.47 Å². The number of aromatic hydroxyl groups is 1. The van der Waals surface area contributed by atoms with E-state index in [0.29, 0.717) is 5.56 Å². The number of carbonyl (C=O) groups is 1. The van der Waals surface area contributed by atoms with E-state index in [1.807, 2.05) is 0 Å². The smallest absolute Gasteiger partial charge is 0.545 e. The summed E-state index contributed by atoms with van der Waals surface area (Å²) in [4.78, 5) is 10.2. The molecule has 1 aromatic carbocycles. The standard InChI is InChI=1S/C11H12O5.K/c1-15-8-5-7(3-4-10(12)13)6-9(16-2)11(8)14;/h3-6,14H,1-2H3,(H,12,13);/q;+1/p-1/b4-3+;. The van der Waals surface area contributed by atoms with Crippen LogP contribution in [-0.2, 0) is 4.79 Å². The number of aliphatic carboxylic acids is 1. The Bertz CT molecular complexity index is 403. The van der Waals surface area contributed by atoms with Gasteiger partial charge in [0.25, 0.3) is 0 Å². The molecule has 0 amide bonds. The van der Waals surface area contributed by atoms with Crippen molar-refractivity contribution in [3.05, 3.63) is 23.8 Å². The molecule has 0 aliphatic rings. The van der Waals surface area contributed by atoms with E-state index >= 15 is 0 Å². The Balaban J connectivity index is 0.00000256. The SMILES string of the molecule is COc1cc(/C=C/C(=O)[O-])cc(OC)c1O.[K+]. The molecule has 0 saturated carbocycles. The van der Waals surface area contributed by atoms with Gasteiger partial charge < -0.3 is 24.5 Å². The van der Waals surface area contributed by atoms with E-state index in [1.54, 1.807) is 0 Å². The van der Waals surface area contributed by atoms with E-state index in [-0.39, 0.29) is 68.6 Å². The summed E-state index contributed by atoms with van der Waals surface area (Å²) in [5, 5.41) is 19.8. The first kappa shape index (κ1) is 16.5. The van der Waals surface area contributed by atoms with Gasteiger partial charge in [0.15, 0.2) is 11.5 Å². The first-order chi connectivity index (χ1) is 7.58. The van der Waals surface area contributed by atoms with Gasteiger partial charge in [-0.15, -0.1) is 0 Å². The monoisotopic (exact) mass is 262 g/mol. The number of phenolic OH excluding ortho intramolecular Hbond substituents is 1. The third kappa shape index (κ3) is 4.69. The number of carboxylic acids is 1. The van der Waals surface area contributed by atoms with Crippen LogP contribution in [0.15, 0.2) is 18.2 Å². The Labute approximate surface area is 141 Å². The molecular formula is C11H11KO5. The van der Waals surface area contributed by atoms with E-state index in [9.17, 15) is 15.0 Å². The average Bonchev–Trinajstić information content (AvgIpc) is 2.27. The number of hydrogen-bond acceptors (Lipinski definition) is 5. The predicted molar refractivity (Wildman–Crippen MR) is 55.3 cm³/mol. The molecule has 0 atom stereocenters. The van der Waals surface area contributed by atoms with Crippen LogP contribution in [0.4, 0.5) is 0 Å². The Morgan fingerprint density at radius 1 is 1.29 bits per heavy atom. The number of rotatable bonds is 4. The maximum atomic E-state index is 10.2. The zero-order valence-corrected chi connectivity index (χ0v) is 13.0. The van der Waals surface area contributed by atoms with Gasteiger partial charge in [-0.25, -0.2) is 0 Å². The molecule has 0 bridgehead atoms. The first-order valence-electron chi connectivity index (χ1n) is 4.42. The average molecular weight is 262 g/mol. The van der Waals surface area contributed by atoms with Gasteiger partial charge in [0, 0.05) is 0 Å². The number of hydrogen-bond donors (Lipinski definition) is 1. The van der Waals surface area contributed by atoms with Gasteiger partial charge in [0.2, 0.25) is 5.75 Å². The molecule has 1 aromatic rings. The van der Waals surface area contributed by atoms with Crippen LogP contribution in [0.5, 0.6) is 17.2 Å². The van der Waals surface area contributed by atoms with E-state index in [0.717, 1.165) is 6.08 Å². The van der Waals surface area contributed by atoms with Crippen LogP contribution in [0.2, 0.25) is 0 Å². The number of carboxylic acid groups (broad SMARTS) is 1. The number of methoxy groups -OCH3 is 2. The Hall–Kier alpha value is -0.534. The summed E-state index contributed by atoms with van der Waals surface area (Å²) in [5.41, 5.74) is 0.524. The van der Waals surface area contributed by atoms with Crippen LogP contribution >= 0.6 is 0 Å². The molecule has 0 fully saturated rings. The zero-order chi connectivity index (χ0) is 12.1. The molecule has 0 spiro atoms. The second-order valence-corrected chi connectivity index (χ2v) is 2.93. The van der Waals surface area contributed by atoms with Crippen LogP contribution in [0, 0.1) is 0 Å². The van der Waals surface area contributed by atoms with Crippen LogP contribution in [-0.4, -0.2) is 25.3 Å². The van der Waals surface area contributed by atoms with Crippen molar-refractivity contribution < 1.29 is 75.9 Å². The van der Waals surface area contributed by atoms with Crippen molar-refractivity contribution >= 4 is 12.0 Å². The largest absolute Gasteiger partial charge is 1.00 e. The van der Waals surface area contributed by atoms with E-state index in [2.05, 4.69) is 0 Å². The first-order valence-corrected chi connectivity index (χ1v) is 4.42. The minimum Gasteiger partial charge on any atom is -0.545 e. The van der Waals surface area contributed by atoms with Crippen molar-refractivity contribution in [2.75, 3.05) is 14.2 Å². The van der Waals surface area contributed by atoms with Crippen LogP contribution in [0.1, 0.15) is 5.56 Å². The predicted octanol–water partition coefficient (Wildman–Crippen LogP) is -2.82. The Morgan fingerprint density at radius 2 is 1.76 bits per heavy atom. The molecule has 0 heterocycles. The minimum atomic E-state index is -1.30. The second kappa shape index (κ2) is 7.73. The van der Waals surface area contributed by atoms with Gasteiger partial charge in [0.05, 0.1) is 20.2 Å². The molecule has 0 saturated heterocycles. The quantitative estimate of drug-likeness (QED) is 0.468. The fourth-order valence-corrected chi connectivity index (χ4v) is 1.17. The molecular weight excluding hydrogens is 251 g/mol. The summed E-state index contributed by atoms with van der Waals surface area (Å²) in [6.07, 6.45) is 2.20. The summed E-state index contributed by atoms with van der Waals surface area (Å²) in [7, 11) is 2.78. The number of carbonyl (C=O) groups excluding carboxylic acids is 1. The molecule has 0 aliphatic heterocycles. The normalized spacial score (nSPS) is 9.76. The van der Waals surface area contributed by atoms with Gasteiger partial charge >= 0.3 is 51.4 Å². The number of benzene rings is 1. The molecule has 17 heavy (non-hydrogen) atoms. The molecule has 0 aromatic heterocycles. The number of ether oxygens (including phenoxy) is 2.